The molecule has 0 bridgehead atoms. The molecule has 1 unspecified atom stereocenters. The quantitative estimate of drug-likeness (QED) is 0.632. The highest BCUT2D eigenvalue weighted by molar-refractivity contribution is 7.77. The first-order valence-electron chi connectivity index (χ1n) is 8.98. The van der Waals surface area contributed by atoms with Crippen LogP contribution < -0.4 is 15.7 Å². The predicted molar refractivity (Wildman–Crippen MR) is 112 cm³/mol. The molecule has 3 rings (SSSR count). The molecule has 3 aromatic rings. The highest BCUT2D eigenvalue weighted by Gasteiger charge is 2.32. The van der Waals surface area contributed by atoms with Gasteiger partial charge in [-0.25, -0.2) is 0 Å². The van der Waals surface area contributed by atoms with Crippen LogP contribution in [0.15, 0.2) is 72.8 Å². The number of rotatable bonds is 5. The van der Waals surface area contributed by atoms with Gasteiger partial charge in [0.2, 0.25) is 7.29 Å². The zero-order chi connectivity index (χ0) is 18.7. The van der Waals surface area contributed by atoms with Crippen LogP contribution in [0, 0.1) is 20.8 Å². The maximum absolute atomic E-state index is 14.4. The summed E-state index contributed by atoms with van der Waals surface area (Å²) in [5.41, 5.74) is 4.47. The van der Waals surface area contributed by atoms with Crippen molar-refractivity contribution in [2.75, 3.05) is 0 Å². The molecule has 2 nitrogen and oxygen atoms in total. The summed E-state index contributed by atoms with van der Waals surface area (Å²) in [5.74, 6) is 0. The van der Waals surface area contributed by atoms with Crippen LogP contribution in [0.4, 0.5) is 0 Å². The molecular weight excluding hydrogens is 337 g/mol. The second-order valence-electron chi connectivity index (χ2n) is 6.95. The Morgan fingerprint density at radius 2 is 1.31 bits per heavy atom. The van der Waals surface area contributed by atoms with Gasteiger partial charge in [-0.2, -0.15) is 0 Å². The van der Waals surface area contributed by atoms with Gasteiger partial charge < -0.3 is 0 Å². The minimum Gasteiger partial charge on any atom is -0.296 e. The Kier molecular flexibility index (Phi) is 5.46. The van der Waals surface area contributed by atoms with E-state index in [2.05, 4.69) is 57.0 Å². The third-order valence-electron chi connectivity index (χ3n) is 4.75. The normalized spacial score (nSPS) is 14.6. The predicted octanol–water partition coefficient (Wildman–Crippen LogP) is 5.19. The second-order valence-corrected chi connectivity index (χ2v) is 9.39. The largest absolute Gasteiger partial charge is 0.296 e. The van der Waals surface area contributed by atoms with Gasteiger partial charge in [0.15, 0.2) is 0 Å². The van der Waals surface area contributed by atoms with Gasteiger partial charge in [0.25, 0.3) is 0 Å². The third kappa shape index (κ3) is 3.67. The summed E-state index contributed by atoms with van der Waals surface area (Å²) in [6, 6.07) is 24.2. The van der Waals surface area contributed by atoms with Gasteiger partial charge in [-0.05, 0) is 56.5 Å². The minimum absolute atomic E-state index is 0.0256. The summed E-state index contributed by atoms with van der Waals surface area (Å²) in [6.45, 7) is 8.26. The van der Waals surface area contributed by atoms with E-state index in [1.165, 1.54) is 5.56 Å². The van der Waals surface area contributed by atoms with Gasteiger partial charge in [0.1, 0.15) is 0 Å². The number of hydrogen-bond donors (Lipinski definition) is 1. The van der Waals surface area contributed by atoms with Crippen LogP contribution >= 0.6 is 7.29 Å². The van der Waals surface area contributed by atoms with Gasteiger partial charge in [0, 0.05) is 16.7 Å². The van der Waals surface area contributed by atoms with Crippen LogP contribution in [0.25, 0.3) is 0 Å². The van der Waals surface area contributed by atoms with E-state index < -0.39 is 7.29 Å². The Labute approximate surface area is 156 Å². The van der Waals surface area contributed by atoms with Crippen LogP contribution in [0.3, 0.4) is 0 Å². The fraction of sp³-hybridized carbons (Fsp3) is 0.217. The smallest absolute Gasteiger partial charge is 0.205 e. The van der Waals surface area contributed by atoms with Crippen molar-refractivity contribution in [2.24, 2.45) is 0 Å². The van der Waals surface area contributed by atoms with Crippen molar-refractivity contribution in [3.05, 3.63) is 95.1 Å². The van der Waals surface area contributed by atoms with E-state index in [0.29, 0.717) is 0 Å². The van der Waals surface area contributed by atoms with E-state index in [-0.39, 0.29) is 6.04 Å². The van der Waals surface area contributed by atoms with E-state index in [1.54, 1.807) is 0 Å². The highest BCUT2D eigenvalue weighted by Crippen LogP contribution is 2.43. The van der Waals surface area contributed by atoms with E-state index in [9.17, 15) is 4.57 Å². The lowest BCUT2D eigenvalue weighted by Crippen LogP contribution is -2.32. The molecule has 0 amide bonds. The van der Waals surface area contributed by atoms with Crippen molar-refractivity contribution in [1.29, 1.82) is 0 Å². The Balaban J connectivity index is 2.14. The second kappa shape index (κ2) is 7.61. The van der Waals surface area contributed by atoms with Crippen LogP contribution in [-0.2, 0) is 4.57 Å². The van der Waals surface area contributed by atoms with Crippen molar-refractivity contribution in [1.82, 2.24) is 5.09 Å². The number of aryl methyl sites for hydroxylation is 3. The number of hydrogen-bond acceptors (Lipinski definition) is 1. The lowest BCUT2D eigenvalue weighted by Gasteiger charge is -2.28. The summed E-state index contributed by atoms with van der Waals surface area (Å²) in [6.07, 6.45) is 0. The van der Waals surface area contributed by atoms with E-state index >= 15 is 0 Å². The van der Waals surface area contributed by atoms with Crippen LogP contribution in [0.2, 0.25) is 0 Å². The lowest BCUT2D eigenvalue weighted by molar-refractivity contribution is 0.568. The van der Waals surface area contributed by atoms with Crippen molar-refractivity contribution < 1.29 is 4.57 Å². The van der Waals surface area contributed by atoms with E-state index in [1.807, 2.05) is 48.5 Å². The summed E-state index contributed by atoms with van der Waals surface area (Å²) < 4.78 is 14.4. The SMILES string of the molecule is Cc1cc(C)c(P(=O)(N[C@H](C)c2ccccc2)c2ccccc2)c(C)c1. The monoisotopic (exact) mass is 363 g/mol. The van der Waals surface area contributed by atoms with Crippen LogP contribution in [0.5, 0.6) is 0 Å². The molecule has 0 saturated carbocycles. The molecule has 0 heterocycles. The Bertz CT molecular complexity index is 912. The van der Waals surface area contributed by atoms with Gasteiger partial charge in [-0.15, -0.1) is 0 Å². The Hall–Kier alpha value is -2.15. The molecule has 2 atom stereocenters. The van der Waals surface area contributed by atoms with Gasteiger partial charge >= 0.3 is 0 Å². The molecule has 1 N–H and O–H groups in total. The van der Waals surface area contributed by atoms with Crippen molar-refractivity contribution >= 4 is 17.9 Å². The topological polar surface area (TPSA) is 29.1 Å². The average molecular weight is 363 g/mol. The summed E-state index contributed by atoms with van der Waals surface area (Å²) in [7, 11) is -2.99. The first-order valence-corrected chi connectivity index (χ1v) is 10.7. The third-order valence-corrected chi connectivity index (χ3v) is 7.86. The maximum Gasteiger partial charge on any atom is 0.205 e. The fourth-order valence-corrected chi connectivity index (χ4v) is 6.61. The molecule has 3 heteroatoms. The molecule has 134 valence electrons. The Morgan fingerprint density at radius 3 is 1.85 bits per heavy atom. The van der Waals surface area contributed by atoms with Gasteiger partial charge in [0.05, 0.1) is 0 Å². The molecule has 0 aliphatic rings. The molecular formula is C23H26NOP. The number of benzene rings is 3. The minimum atomic E-state index is -2.99. The highest BCUT2D eigenvalue weighted by atomic mass is 31.2. The molecule has 0 aromatic heterocycles. The maximum atomic E-state index is 14.4. The first-order chi connectivity index (χ1) is 12.4. The van der Waals surface area contributed by atoms with Crippen LogP contribution in [0.1, 0.15) is 35.2 Å². The molecule has 26 heavy (non-hydrogen) atoms. The zero-order valence-electron chi connectivity index (χ0n) is 15.9. The first kappa shape index (κ1) is 18.6. The number of nitrogens with one attached hydrogen (secondary N) is 1. The molecule has 0 saturated heterocycles. The molecule has 3 aromatic carbocycles. The molecule has 0 aliphatic heterocycles. The van der Waals surface area contributed by atoms with Crippen molar-refractivity contribution in [3.8, 4) is 0 Å². The average Bonchev–Trinajstić information content (AvgIpc) is 2.62. The van der Waals surface area contributed by atoms with Crippen molar-refractivity contribution in [3.63, 3.8) is 0 Å². The molecule has 0 spiro atoms. The van der Waals surface area contributed by atoms with Gasteiger partial charge in [-0.1, -0.05) is 66.2 Å². The molecule has 0 fully saturated rings. The summed E-state index contributed by atoms with van der Waals surface area (Å²) >= 11 is 0. The van der Waals surface area contributed by atoms with Crippen molar-refractivity contribution in [2.45, 2.75) is 33.7 Å². The van der Waals surface area contributed by atoms with E-state index in [0.717, 1.165) is 27.3 Å². The fourth-order valence-electron chi connectivity index (χ4n) is 3.66. The van der Waals surface area contributed by atoms with E-state index in [4.69, 9.17) is 0 Å². The summed E-state index contributed by atoms with van der Waals surface area (Å²) in [5, 5.41) is 5.27. The van der Waals surface area contributed by atoms with Crippen LogP contribution in [-0.4, -0.2) is 0 Å². The zero-order valence-corrected chi connectivity index (χ0v) is 16.8. The molecule has 0 radical (unpaired) electrons. The lowest BCUT2D eigenvalue weighted by atomic mass is 10.1. The van der Waals surface area contributed by atoms with Gasteiger partial charge in [-0.3, -0.25) is 9.65 Å². The standard InChI is InChI=1S/C23H26NOP/c1-17-15-18(2)23(19(3)16-17)26(25,22-13-9-6-10-14-22)24-20(4)21-11-7-5-8-12-21/h5-16,20H,1-4H3,(H,24,25)/t20-,26?/m1/s1. The Morgan fingerprint density at radius 1 is 0.808 bits per heavy atom. The summed E-state index contributed by atoms with van der Waals surface area (Å²) in [4.78, 5) is 0. The molecule has 0 aliphatic carbocycles.